The van der Waals surface area contributed by atoms with Crippen LogP contribution in [0.15, 0.2) is 29.3 Å². The molecule has 2 atom stereocenters. The number of benzene rings is 1. The van der Waals surface area contributed by atoms with Crippen molar-refractivity contribution in [1.82, 2.24) is 10.2 Å². The van der Waals surface area contributed by atoms with E-state index < -0.39 is 0 Å². The number of ether oxygens (including phenoxy) is 2. The number of aliphatic imine (C=N–C) groups is 1. The van der Waals surface area contributed by atoms with Gasteiger partial charge in [-0.1, -0.05) is 12.1 Å². The van der Waals surface area contributed by atoms with Gasteiger partial charge in [0.25, 0.3) is 0 Å². The van der Waals surface area contributed by atoms with Gasteiger partial charge >= 0.3 is 0 Å². The summed E-state index contributed by atoms with van der Waals surface area (Å²) in [5, 5.41) is 3.43. The van der Waals surface area contributed by atoms with Crippen LogP contribution in [0.25, 0.3) is 0 Å². The Bertz CT molecular complexity index is 582. The second kappa shape index (κ2) is 9.24. The fourth-order valence-electron chi connectivity index (χ4n) is 3.48. The highest BCUT2D eigenvalue weighted by atomic mass is 16.5. The summed E-state index contributed by atoms with van der Waals surface area (Å²) in [6.45, 7) is 6.95. The number of nitrogens with zero attached hydrogens (tertiary/aromatic N) is 3. The summed E-state index contributed by atoms with van der Waals surface area (Å²) in [7, 11) is 4.11. The predicted molar refractivity (Wildman–Crippen MR) is 106 cm³/mol. The highest BCUT2D eigenvalue weighted by molar-refractivity contribution is 5.80. The average molecular weight is 361 g/mol. The summed E-state index contributed by atoms with van der Waals surface area (Å²) >= 11 is 0. The zero-order chi connectivity index (χ0) is 18.4. The van der Waals surface area contributed by atoms with Crippen molar-refractivity contribution in [3.8, 4) is 0 Å². The maximum Gasteiger partial charge on any atom is 0.194 e. The molecule has 0 saturated carbocycles. The van der Waals surface area contributed by atoms with E-state index in [4.69, 9.17) is 14.5 Å². The first-order valence-electron chi connectivity index (χ1n) is 9.70. The SMILES string of the molecule is CCNC(=NCc1ccc(N(C)C)cc1)N1CCOC(C2CCCO2)C1. The first-order valence-corrected chi connectivity index (χ1v) is 9.70. The minimum Gasteiger partial charge on any atom is -0.378 e. The molecule has 0 bridgehead atoms. The van der Waals surface area contributed by atoms with Gasteiger partial charge in [-0.2, -0.15) is 0 Å². The summed E-state index contributed by atoms with van der Waals surface area (Å²) in [6, 6.07) is 8.58. The van der Waals surface area contributed by atoms with E-state index in [1.54, 1.807) is 0 Å². The Morgan fingerprint density at radius 1 is 1.19 bits per heavy atom. The van der Waals surface area contributed by atoms with Gasteiger partial charge in [-0.3, -0.25) is 0 Å². The molecule has 0 radical (unpaired) electrons. The molecule has 0 spiro atoms. The van der Waals surface area contributed by atoms with Crippen molar-refractivity contribution >= 4 is 11.6 Å². The lowest BCUT2D eigenvalue weighted by Gasteiger charge is -2.37. The van der Waals surface area contributed by atoms with E-state index in [9.17, 15) is 0 Å². The van der Waals surface area contributed by atoms with Crippen LogP contribution in [0.5, 0.6) is 0 Å². The summed E-state index contributed by atoms with van der Waals surface area (Å²) in [5.41, 5.74) is 2.42. The summed E-state index contributed by atoms with van der Waals surface area (Å²) in [5.74, 6) is 0.968. The van der Waals surface area contributed by atoms with Crippen molar-refractivity contribution in [3.05, 3.63) is 29.8 Å². The summed E-state index contributed by atoms with van der Waals surface area (Å²) < 4.78 is 11.8. The lowest BCUT2D eigenvalue weighted by molar-refractivity contribution is -0.0817. The second-order valence-electron chi connectivity index (χ2n) is 7.14. The van der Waals surface area contributed by atoms with Crippen LogP contribution in [0.3, 0.4) is 0 Å². The fraction of sp³-hybridized carbons (Fsp3) is 0.650. The van der Waals surface area contributed by atoms with Crippen molar-refractivity contribution in [2.24, 2.45) is 4.99 Å². The molecule has 0 aliphatic carbocycles. The molecular formula is C20H32N4O2. The predicted octanol–water partition coefficient (Wildman–Crippen LogP) is 2.10. The lowest BCUT2D eigenvalue weighted by Crippen LogP contribution is -2.53. The number of guanidine groups is 1. The molecule has 2 fully saturated rings. The molecule has 1 N–H and O–H groups in total. The van der Waals surface area contributed by atoms with E-state index in [0.717, 1.165) is 51.6 Å². The standard InChI is InChI=1S/C20H32N4O2/c1-4-21-20(22-14-16-7-9-17(10-8-16)23(2)3)24-11-13-26-19(15-24)18-6-5-12-25-18/h7-10,18-19H,4-6,11-15H2,1-3H3,(H,21,22). The van der Waals surface area contributed by atoms with Crippen LogP contribution >= 0.6 is 0 Å². The van der Waals surface area contributed by atoms with Crippen LogP contribution in [0.1, 0.15) is 25.3 Å². The zero-order valence-corrected chi connectivity index (χ0v) is 16.3. The van der Waals surface area contributed by atoms with Gasteiger partial charge in [-0.25, -0.2) is 4.99 Å². The molecule has 2 aliphatic heterocycles. The van der Waals surface area contributed by atoms with Crippen molar-refractivity contribution in [2.75, 3.05) is 51.8 Å². The zero-order valence-electron chi connectivity index (χ0n) is 16.3. The first-order chi connectivity index (χ1) is 12.7. The monoisotopic (exact) mass is 360 g/mol. The van der Waals surface area contributed by atoms with Gasteiger partial charge < -0.3 is 24.6 Å². The maximum absolute atomic E-state index is 5.96. The summed E-state index contributed by atoms with van der Waals surface area (Å²) in [4.78, 5) is 9.28. The van der Waals surface area contributed by atoms with Crippen LogP contribution in [0, 0.1) is 0 Å². The smallest absolute Gasteiger partial charge is 0.194 e. The van der Waals surface area contributed by atoms with Gasteiger partial charge in [0.05, 0.1) is 19.3 Å². The highest BCUT2D eigenvalue weighted by Gasteiger charge is 2.32. The third kappa shape index (κ3) is 4.89. The summed E-state index contributed by atoms with van der Waals surface area (Å²) in [6.07, 6.45) is 2.63. The van der Waals surface area contributed by atoms with E-state index in [-0.39, 0.29) is 12.2 Å². The Morgan fingerprint density at radius 3 is 2.62 bits per heavy atom. The quantitative estimate of drug-likeness (QED) is 0.644. The third-order valence-corrected chi connectivity index (χ3v) is 4.97. The molecule has 26 heavy (non-hydrogen) atoms. The number of hydrogen-bond acceptors (Lipinski definition) is 4. The third-order valence-electron chi connectivity index (χ3n) is 4.97. The molecule has 2 heterocycles. The lowest BCUT2D eigenvalue weighted by atomic mass is 10.1. The number of nitrogens with one attached hydrogen (secondary N) is 1. The molecule has 144 valence electrons. The Labute approximate surface area is 157 Å². The molecule has 3 rings (SSSR count). The molecule has 1 aromatic carbocycles. The number of hydrogen-bond donors (Lipinski definition) is 1. The fourth-order valence-corrected chi connectivity index (χ4v) is 3.48. The Hall–Kier alpha value is -1.79. The second-order valence-corrected chi connectivity index (χ2v) is 7.14. The Kier molecular flexibility index (Phi) is 6.74. The van der Waals surface area contributed by atoms with E-state index in [2.05, 4.69) is 60.4 Å². The van der Waals surface area contributed by atoms with Gasteiger partial charge in [0.1, 0.15) is 6.10 Å². The van der Waals surface area contributed by atoms with Gasteiger partial charge in [-0.05, 0) is 37.5 Å². The molecule has 2 unspecified atom stereocenters. The largest absolute Gasteiger partial charge is 0.378 e. The Morgan fingerprint density at radius 2 is 1.96 bits per heavy atom. The highest BCUT2D eigenvalue weighted by Crippen LogP contribution is 2.21. The van der Waals surface area contributed by atoms with Crippen LogP contribution in [0.4, 0.5) is 5.69 Å². The molecule has 6 nitrogen and oxygen atoms in total. The maximum atomic E-state index is 5.96. The van der Waals surface area contributed by atoms with Crippen molar-refractivity contribution in [1.29, 1.82) is 0 Å². The topological polar surface area (TPSA) is 49.3 Å². The molecular weight excluding hydrogens is 328 g/mol. The molecule has 0 amide bonds. The first kappa shape index (κ1) is 19.0. The van der Waals surface area contributed by atoms with Gasteiger partial charge in [0.15, 0.2) is 5.96 Å². The van der Waals surface area contributed by atoms with Crippen LogP contribution in [-0.2, 0) is 16.0 Å². The number of rotatable bonds is 5. The molecule has 2 aliphatic rings. The molecule has 6 heteroatoms. The number of anilines is 1. The minimum atomic E-state index is 0.148. The Balaban J connectivity index is 1.64. The van der Waals surface area contributed by atoms with Crippen molar-refractivity contribution in [2.45, 2.75) is 38.5 Å². The van der Waals surface area contributed by atoms with Gasteiger partial charge in [0.2, 0.25) is 0 Å². The van der Waals surface area contributed by atoms with Crippen molar-refractivity contribution < 1.29 is 9.47 Å². The van der Waals surface area contributed by atoms with E-state index >= 15 is 0 Å². The molecule has 0 aromatic heterocycles. The van der Waals surface area contributed by atoms with Gasteiger partial charge in [-0.15, -0.1) is 0 Å². The molecule has 1 aromatic rings. The van der Waals surface area contributed by atoms with Crippen molar-refractivity contribution in [3.63, 3.8) is 0 Å². The van der Waals surface area contributed by atoms with Crippen LogP contribution < -0.4 is 10.2 Å². The average Bonchev–Trinajstić information content (AvgIpc) is 3.20. The van der Waals surface area contributed by atoms with Crippen LogP contribution in [-0.4, -0.2) is 70.0 Å². The van der Waals surface area contributed by atoms with E-state index in [0.29, 0.717) is 6.54 Å². The van der Waals surface area contributed by atoms with E-state index in [1.807, 2.05) is 0 Å². The minimum absolute atomic E-state index is 0.148. The molecule has 2 saturated heterocycles. The number of morpholine rings is 1. The normalized spacial score (nSPS) is 24.0. The van der Waals surface area contributed by atoms with Crippen LogP contribution in [0.2, 0.25) is 0 Å². The van der Waals surface area contributed by atoms with E-state index in [1.165, 1.54) is 11.3 Å². The van der Waals surface area contributed by atoms with Gasteiger partial charge in [0, 0.05) is 46.0 Å².